The third-order valence-corrected chi connectivity index (χ3v) is 12.4. The van der Waals surface area contributed by atoms with Gasteiger partial charge in [-0.3, -0.25) is 19.3 Å². The van der Waals surface area contributed by atoms with Crippen molar-refractivity contribution in [1.82, 2.24) is 10.2 Å². The van der Waals surface area contributed by atoms with E-state index < -0.39 is 73.3 Å². The van der Waals surface area contributed by atoms with Gasteiger partial charge in [-0.2, -0.15) is 0 Å². The molecule has 0 aliphatic carbocycles. The molecule has 0 aromatic carbocycles. The summed E-state index contributed by atoms with van der Waals surface area (Å²) in [5.74, 6) is 59.4. The van der Waals surface area contributed by atoms with Crippen molar-refractivity contribution in [2.75, 3.05) is 18.9 Å². The van der Waals surface area contributed by atoms with E-state index >= 15 is 0 Å². The topological polar surface area (TPSA) is 186 Å². The average molecular weight is 1090 g/mol. The van der Waals surface area contributed by atoms with E-state index in [0.717, 1.165) is 42.3 Å². The SMILES string of the molecule is C#CCN1C(=O)C(I)=C(SCC2O[C@H](OC[C@H](NC(=O)C#CC#CC#CC#CC#CC#CC#CC#CC#CC#CC#CC#CC)[C@H](O)[C@H](O)CCCCCCCCCCCCCC)C(O)[C@@H](O)[C@H]2O)C1=O. The molecule has 0 aromatic rings. The van der Waals surface area contributed by atoms with Crippen LogP contribution in [0.15, 0.2) is 8.48 Å². The van der Waals surface area contributed by atoms with Crippen molar-refractivity contribution < 1.29 is 49.4 Å². The number of nitrogens with zero attached hydrogens (tertiary/aromatic N) is 1. The zero-order valence-corrected chi connectivity index (χ0v) is 42.5. The number of halogens is 1. The first-order valence-electron chi connectivity index (χ1n) is 22.7. The number of terminal acetylenes is 1. The van der Waals surface area contributed by atoms with Crippen molar-refractivity contribution in [3.05, 3.63) is 8.48 Å². The molecule has 14 heteroatoms. The maximum absolute atomic E-state index is 12.9. The summed E-state index contributed by atoms with van der Waals surface area (Å²) in [6, 6.07) is -1.30. The molecule has 0 spiro atoms. The minimum atomic E-state index is -1.78. The van der Waals surface area contributed by atoms with E-state index in [1.165, 1.54) is 44.9 Å². The fourth-order valence-electron chi connectivity index (χ4n) is 6.28. The van der Waals surface area contributed by atoms with E-state index in [-0.39, 0.29) is 27.2 Å². The molecule has 0 saturated carbocycles. The number of amides is 3. The van der Waals surface area contributed by atoms with Crippen LogP contribution in [0.2, 0.25) is 0 Å². The van der Waals surface area contributed by atoms with Crippen LogP contribution in [0.3, 0.4) is 0 Å². The molecule has 1 saturated heterocycles. The van der Waals surface area contributed by atoms with Crippen LogP contribution < -0.4 is 5.32 Å². The molecule has 0 radical (unpaired) electrons. The van der Waals surface area contributed by atoms with E-state index in [0.29, 0.717) is 6.42 Å². The Hall–Kier alpha value is -6.57. The summed E-state index contributed by atoms with van der Waals surface area (Å²) in [7, 11) is 0. The molecule has 8 atom stereocenters. The Morgan fingerprint density at radius 1 is 0.690 bits per heavy atom. The standard InChI is InChI=1S/C57H53IN2O10S/c1-4-7-9-11-13-15-17-19-20-21-22-23-24-25-26-27-28-29-31-33-35-37-39-41-48(62)59-45(50(63)46(61)40-38-36-34-32-30-18-16-14-12-10-8-5-2)43-69-57-53(66)52(65)51(64)47(70-57)44-71-54-49(58)55(67)60(42-6-3)56(54)68/h3,45-47,50-53,57,61,63-66H,5,8,10,12,14,16,18,30,32,34,36,38,40,42-44H2,1-2H3,(H,59,62)/t45-,46+,47?,50-,51-,52-,53?,57-/m0/s1. The molecule has 12 nitrogen and oxygen atoms in total. The molecule has 0 bridgehead atoms. The molecule has 3 amide bonds. The quantitative estimate of drug-likeness (QED) is 0.0383. The maximum atomic E-state index is 12.9. The highest BCUT2D eigenvalue weighted by atomic mass is 127. The summed E-state index contributed by atoms with van der Waals surface area (Å²) in [6.07, 6.45) is 8.08. The Balaban J connectivity index is 2.06. The zero-order valence-electron chi connectivity index (χ0n) is 39.5. The summed E-state index contributed by atoms with van der Waals surface area (Å²) >= 11 is 2.62. The molecule has 364 valence electrons. The number of imide groups is 1. The molecule has 2 rings (SSSR count). The smallest absolute Gasteiger partial charge is 0.297 e. The van der Waals surface area contributed by atoms with Crippen molar-refractivity contribution >= 4 is 52.1 Å². The fraction of sp³-hybridized carbons (Fsp3) is 0.456. The van der Waals surface area contributed by atoms with E-state index in [9.17, 15) is 39.9 Å². The van der Waals surface area contributed by atoms with Crippen LogP contribution in [0.25, 0.3) is 0 Å². The van der Waals surface area contributed by atoms with Crippen molar-refractivity contribution in [2.24, 2.45) is 0 Å². The predicted molar refractivity (Wildman–Crippen MR) is 280 cm³/mol. The van der Waals surface area contributed by atoms with Crippen molar-refractivity contribution in [2.45, 2.75) is 146 Å². The van der Waals surface area contributed by atoms with Gasteiger partial charge in [0.15, 0.2) is 6.29 Å². The van der Waals surface area contributed by atoms with Gasteiger partial charge in [0.1, 0.15) is 24.4 Å². The van der Waals surface area contributed by atoms with Gasteiger partial charge >= 0.3 is 0 Å². The summed E-state index contributed by atoms with van der Waals surface area (Å²) in [6.45, 7) is 3.11. The van der Waals surface area contributed by atoms with Gasteiger partial charge in [-0.05, 0) is 131 Å². The van der Waals surface area contributed by atoms with Gasteiger partial charge < -0.3 is 40.3 Å². The van der Waals surface area contributed by atoms with E-state index in [4.69, 9.17) is 15.9 Å². The van der Waals surface area contributed by atoms with E-state index in [1.807, 2.05) is 0 Å². The van der Waals surface area contributed by atoms with Gasteiger partial charge in [-0.15, -0.1) is 18.2 Å². The van der Waals surface area contributed by atoms with Gasteiger partial charge in [0.2, 0.25) is 0 Å². The summed E-state index contributed by atoms with van der Waals surface area (Å²) in [5.41, 5.74) is 0. The van der Waals surface area contributed by atoms with Gasteiger partial charge in [0.05, 0.1) is 39.9 Å². The number of thioether (sulfide) groups is 1. The highest BCUT2D eigenvalue weighted by molar-refractivity contribution is 14.1. The van der Waals surface area contributed by atoms with Crippen LogP contribution >= 0.6 is 34.4 Å². The largest absolute Gasteiger partial charge is 0.390 e. The molecule has 2 aliphatic heterocycles. The van der Waals surface area contributed by atoms with Gasteiger partial charge in [-0.25, -0.2) is 0 Å². The van der Waals surface area contributed by atoms with Crippen LogP contribution in [0, 0.1) is 154 Å². The third-order valence-electron chi connectivity index (χ3n) is 9.91. The lowest BCUT2D eigenvalue weighted by molar-refractivity contribution is -0.294. The fourth-order valence-corrected chi connectivity index (χ4v) is 8.32. The number of ether oxygens (including phenoxy) is 2. The first-order chi connectivity index (χ1) is 34.5. The maximum Gasteiger partial charge on any atom is 0.297 e. The number of hydrogen-bond acceptors (Lipinski definition) is 11. The molecule has 2 unspecified atom stereocenters. The second-order valence-electron chi connectivity index (χ2n) is 15.1. The zero-order chi connectivity index (χ0) is 51.9. The summed E-state index contributed by atoms with van der Waals surface area (Å²) in [5, 5.41) is 57.1. The van der Waals surface area contributed by atoms with Crippen LogP contribution in [-0.2, 0) is 23.9 Å². The lowest BCUT2D eigenvalue weighted by Crippen LogP contribution is -2.60. The number of unbranched alkanes of at least 4 members (excludes halogenated alkanes) is 11. The number of carbonyl (C=O) groups excluding carboxylic acids is 3. The number of hydrogen-bond donors (Lipinski definition) is 6. The van der Waals surface area contributed by atoms with Crippen LogP contribution in [0.4, 0.5) is 0 Å². The van der Waals surface area contributed by atoms with Crippen LogP contribution in [-0.4, -0.2) is 116 Å². The van der Waals surface area contributed by atoms with E-state index in [1.54, 1.807) is 29.5 Å². The first-order valence-corrected chi connectivity index (χ1v) is 24.8. The number of rotatable bonds is 23. The van der Waals surface area contributed by atoms with Crippen molar-refractivity contribution in [3.8, 4) is 154 Å². The number of aliphatic hydroxyl groups excluding tert-OH is 5. The van der Waals surface area contributed by atoms with Gasteiger partial charge in [-0.1, -0.05) is 95.8 Å². The minimum Gasteiger partial charge on any atom is -0.390 e. The number of nitrogens with one attached hydrogen (secondary N) is 1. The van der Waals surface area contributed by atoms with Gasteiger partial charge in [0, 0.05) is 47.2 Å². The highest BCUT2D eigenvalue weighted by Crippen LogP contribution is 2.36. The lowest BCUT2D eigenvalue weighted by atomic mass is 9.98. The average Bonchev–Trinajstić information content (AvgIpc) is 3.56. The Morgan fingerprint density at radius 3 is 1.61 bits per heavy atom. The third kappa shape index (κ3) is 25.2. The van der Waals surface area contributed by atoms with Gasteiger partial charge in [0.25, 0.3) is 17.7 Å². The Morgan fingerprint density at radius 2 is 1.14 bits per heavy atom. The second kappa shape index (κ2) is 38.2. The molecular formula is C57H53IN2O10S. The molecule has 2 heterocycles. The summed E-state index contributed by atoms with van der Waals surface area (Å²) in [4.78, 5) is 39.3. The molecule has 2 aliphatic rings. The molecular weight excluding hydrogens is 1030 g/mol. The first kappa shape index (κ1) is 60.6. The van der Waals surface area contributed by atoms with Crippen LogP contribution in [0.1, 0.15) is 97.3 Å². The predicted octanol–water partition coefficient (Wildman–Crippen LogP) is 2.55. The molecule has 0 aromatic heterocycles. The van der Waals surface area contributed by atoms with Crippen molar-refractivity contribution in [1.29, 1.82) is 0 Å². The van der Waals surface area contributed by atoms with E-state index in [2.05, 4.69) is 160 Å². The van der Waals surface area contributed by atoms with Crippen molar-refractivity contribution in [3.63, 3.8) is 0 Å². The molecule has 6 N–H and O–H groups in total. The van der Waals surface area contributed by atoms with Crippen LogP contribution in [0.5, 0.6) is 0 Å². The number of carbonyl (C=O) groups is 3. The number of aliphatic hydroxyl groups is 5. The summed E-state index contributed by atoms with van der Waals surface area (Å²) < 4.78 is 11.7. The minimum absolute atomic E-state index is 0.0742. The Labute approximate surface area is 437 Å². The Kier molecular flexibility index (Phi) is 32.6. The molecule has 71 heavy (non-hydrogen) atoms. The molecule has 1 fully saturated rings. The normalized spacial score (nSPS) is 18.0. The lowest BCUT2D eigenvalue weighted by Gasteiger charge is -2.41. The Bertz CT molecular complexity index is 2740. The highest BCUT2D eigenvalue weighted by Gasteiger charge is 2.46. The monoisotopic (exact) mass is 1080 g/mol. The second-order valence-corrected chi connectivity index (χ2v) is 17.3.